The number of carboxylic acid groups (broad SMARTS) is 1. The van der Waals surface area contributed by atoms with Crippen molar-refractivity contribution in [1.82, 2.24) is 4.72 Å². The molecule has 1 saturated carbocycles. The number of hydrogen-bond acceptors (Lipinski definition) is 3. The fraction of sp³-hybridized carbons (Fsp3) is 0.875. The summed E-state index contributed by atoms with van der Waals surface area (Å²) < 4.78 is 25.2. The molecule has 0 saturated heterocycles. The third-order valence-corrected chi connectivity index (χ3v) is 4.34. The summed E-state index contributed by atoms with van der Waals surface area (Å²) in [5.41, 5.74) is 0. The van der Waals surface area contributed by atoms with Gasteiger partial charge in [0.2, 0.25) is 10.0 Å². The number of sulfonamides is 1. The van der Waals surface area contributed by atoms with Gasteiger partial charge in [0.15, 0.2) is 5.25 Å². The van der Waals surface area contributed by atoms with Gasteiger partial charge in [-0.1, -0.05) is 13.3 Å². The van der Waals surface area contributed by atoms with Crippen LogP contribution in [0.1, 0.15) is 26.7 Å². The van der Waals surface area contributed by atoms with Crippen LogP contribution in [0.3, 0.4) is 0 Å². The van der Waals surface area contributed by atoms with Gasteiger partial charge >= 0.3 is 5.97 Å². The van der Waals surface area contributed by atoms with Crippen LogP contribution < -0.4 is 4.72 Å². The lowest BCUT2D eigenvalue weighted by Gasteiger charge is -2.09. The SMILES string of the molecule is CCC1CC1NS(=O)(=O)C(C)C(=O)O. The summed E-state index contributed by atoms with van der Waals surface area (Å²) in [7, 11) is -3.69. The molecule has 1 aliphatic rings. The van der Waals surface area contributed by atoms with E-state index in [0.717, 1.165) is 12.8 Å². The van der Waals surface area contributed by atoms with Crippen LogP contribution in [0.15, 0.2) is 0 Å². The molecule has 82 valence electrons. The van der Waals surface area contributed by atoms with Crippen molar-refractivity contribution in [1.29, 1.82) is 0 Å². The van der Waals surface area contributed by atoms with Crippen molar-refractivity contribution in [2.45, 2.75) is 38.0 Å². The van der Waals surface area contributed by atoms with Crippen LogP contribution in [0.4, 0.5) is 0 Å². The molecule has 0 bridgehead atoms. The fourth-order valence-electron chi connectivity index (χ4n) is 1.29. The Hall–Kier alpha value is -0.620. The lowest BCUT2D eigenvalue weighted by atomic mass is 10.3. The van der Waals surface area contributed by atoms with E-state index in [1.165, 1.54) is 6.92 Å². The zero-order chi connectivity index (χ0) is 10.9. The molecule has 0 aromatic carbocycles. The van der Waals surface area contributed by atoms with E-state index in [0.29, 0.717) is 5.92 Å². The molecule has 1 fully saturated rings. The summed E-state index contributed by atoms with van der Waals surface area (Å²) in [5.74, 6) is -0.933. The number of hydrogen-bond donors (Lipinski definition) is 2. The zero-order valence-corrected chi connectivity index (χ0v) is 9.04. The Morgan fingerprint density at radius 2 is 2.21 bits per heavy atom. The van der Waals surface area contributed by atoms with Crippen molar-refractivity contribution in [3.8, 4) is 0 Å². The molecule has 14 heavy (non-hydrogen) atoms. The molecule has 0 amide bonds. The van der Waals surface area contributed by atoms with E-state index >= 15 is 0 Å². The molecule has 1 rings (SSSR count). The molecule has 3 atom stereocenters. The first-order chi connectivity index (χ1) is 6.38. The second kappa shape index (κ2) is 3.86. The standard InChI is InChI=1S/C8H15NO4S/c1-3-6-4-7(6)9-14(12,13)5(2)8(10)11/h5-7,9H,3-4H2,1-2H3,(H,10,11). The third kappa shape index (κ3) is 2.45. The number of nitrogens with one attached hydrogen (secondary N) is 1. The average molecular weight is 221 g/mol. The van der Waals surface area contributed by atoms with Gasteiger partial charge < -0.3 is 5.11 Å². The van der Waals surface area contributed by atoms with Gasteiger partial charge in [-0.25, -0.2) is 13.1 Å². The minimum absolute atomic E-state index is 0.0493. The molecule has 0 heterocycles. The second-order valence-corrected chi connectivity index (χ2v) is 5.69. The number of carboxylic acids is 1. The van der Waals surface area contributed by atoms with Gasteiger partial charge in [0, 0.05) is 6.04 Å². The summed E-state index contributed by atoms with van der Waals surface area (Å²) >= 11 is 0. The molecule has 2 N–H and O–H groups in total. The Labute approximate surface area is 83.6 Å². The quantitative estimate of drug-likeness (QED) is 0.693. The predicted molar refractivity (Wildman–Crippen MR) is 51.3 cm³/mol. The van der Waals surface area contributed by atoms with Gasteiger partial charge in [0.05, 0.1) is 0 Å². The van der Waals surface area contributed by atoms with Crippen LogP contribution in [0.2, 0.25) is 0 Å². The topological polar surface area (TPSA) is 83.5 Å². The van der Waals surface area contributed by atoms with Crippen LogP contribution in [-0.4, -0.2) is 30.8 Å². The minimum atomic E-state index is -3.69. The second-order valence-electron chi connectivity index (χ2n) is 3.65. The van der Waals surface area contributed by atoms with Crippen molar-refractivity contribution in [3.05, 3.63) is 0 Å². The van der Waals surface area contributed by atoms with Gasteiger partial charge in [-0.05, 0) is 19.3 Å². The highest BCUT2D eigenvalue weighted by molar-refractivity contribution is 7.90. The van der Waals surface area contributed by atoms with Crippen LogP contribution in [0.25, 0.3) is 0 Å². The van der Waals surface area contributed by atoms with Crippen molar-refractivity contribution in [2.24, 2.45) is 5.92 Å². The lowest BCUT2D eigenvalue weighted by molar-refractivity contribution is -0.136. The Bertz CT molecular complexity index is 324. The molecule has 0 radical (unpaired) electrons. The molecule has 0 aromatic rings. The van der Waals surface area contributed by atoms with Gasteiger partial charge in [0.25, 0.3) is 0 Å². The maximum absolute atomic E-state index is 11.4. The average Bonchev–Trinajstić information content (AvgIpc) is 2.80. The lowest BCUT2D eigenvalue weighted by Crippen LogP contribution is -2.39. The van der Waals surface area contributed by atoms with Crippen molar-refractivity contribution in [3.63, 3.8) is 0 Å². The van der Waals surface area contributed by atoms with Crippen molar-refractivity contribution < 1.29 is 18.3 Å². The van der Waals surface area contributed by atoms with Gasteiger partial charge in [0.1, 0.15) is 0 Å². The van der Waals surface area contributed by atoms with Gasteiger partial charge in [-0.2, -0.15) is 0 Å². The maximum atomic E-state index is 11.4. The Morgan fingerprint density at radius 3 is 2.57 bits per heavy atom. The first-order valence-corrected chi connectivity index (χ1v) is 6.17. The van der Waals surface area contributed by atoms with Gasteiger partial charge in [-0.15, -0.1) is 0 Å². The predicted octanol–water partition coefficient (Wildman–Crippen LogP) is 0.177. The molecule has 3 unspecified atom stereocenters. The summed E-state index contributed by atoms with van der Waals surface area (Å²) in [6.07, 6.45) is 1.75. The van der Waals surface area contributed by atoms with Crippen LogP contribution in [0, 0.1) is 5.92 Å². The molecule has 6 heteroatoms. The van der Waals surface area contributed by atoms with Crippen LogP contribution in [0.5, 0.6) is 0 Å². The molecule has 0 spiro atoms. The Morgan fingerprint density at radius 1 is 1.64 bits per heavy atom. The normalized spacial score (nSPS) is 28.4. The molecule has 0 aliphatic heterocycles. The van der Waals surface area contributed by atoms with E-state index < -0.39 is 21.2 Å². The highest BCUT2D eigenvalue weighted by Gasteiger charge is 2.40. The van der Waals surface area contributed by atoms with E-state index in [-0.39, 0.29) is 6.04 Å². The smallest absolute Gasteiger partial charge is 0.323 e. The van der Waals surface area contributed by atoms with E-state index in [1.807, 2.05) is 6.92 Å². The van der Waals surface area contributed by atoms with Gasteiger partial charge in [-0.3, -0.25) is 4.79 Å². The molecular weight excluding hydrogens is 206 g/mol. The van der Waals surface area contributed by atoms with Crippen LogP contribution >= 0.6 is 0 Å². The first-order valence-electron chi connectivity index (χ1n) is 4.62. The molecule has 5 nitrogen and oxygen atoms in total. The number of carbonyl (C=O) groups is 1. The summed E-state index contributed by atoms with van der Waals surface area (Å²) in [5, 5.41) is 7.18. The molecule has 0 aromatic heterocycles. The van der Waals surface area contributed by atoms with Crippen molar-refractivity contribution >= 4 is 16.0 Å². The van der Waals surface area contributed by atoms with E-state index in [2.05, 4.69) is 4.72 Å². The summed E-state index contributed by atoms with van der Waals surface area (Å²) in [4.78, 5) is 10.5. The molecular formula is C8H15NO4S. The highest BCUT2D eigenvalue weighted by Crippen LogP contribution is 2.33. The van der Waals surface area contributed by atoms with Crippen LogP contribution in [-0.2, 0) is 14.8 Å². The number of rotatable bonds is 5. The van der Waals surface area contributed by atoms with E-state index in [1.54, 1.807) is 0 Å². The first kappa shape index (κ1) is 11.5. The summed E-state index contributed by atoms with van der Waals surface area (Å²) in [6, 6.07) is -0.0493. The number of aliphatic carboxylic acids is 1. The van der Waals surface area contributed by atoms with E-state index in [9.17, 15) is 13.2 Å². The minimum Gasteiger partial charge on any atom is -0.480 e. The Kier molecular flexibility index (Phi) is 3.16. The monoisotopic (exact) mass is 221 g/mol. The maximum Gasteiger partial charge on any atom is 0.323 e. The summed E-state index contributed by atoms with van der Waals surface area (Å²) in [6.45, 7) is 3.16. The van der Waals surface area contributed by atoms with Crippen molar-refractivity contribution in [2.75, 3.05) is 0 Å². The highest BCUT2D eigenvalue weighted by atomic mass is 32.2. The molecule has 1 aliphatic carbocycles. The largest absolute Gasteiger partial charge is 0.480 e. The van der Waals surface area contributed by atoms with E-state index in [4.69, 9.17) is 5.11 Å². The third-order valence-electron chi connectivity index (χ3n) is 2.58. The fourth-order valence-corrected chi connectivity index (χ4v) is 2.47. The Balaban J connectivity index is 2.55. The zero-order valence-electron chi connectivity index (χ0n) is 8.23.